The Morgan fingerprint density at radius 3 is 2.45 bits per heavy atom. The lowest BCUT2D eigenvalue weighted by Crippen LogP contribution is -2.22. The Kier molecular flexibility index (Phi) is 5.43. The third-order valence-corrected chi connectivity index (χ3v) is 3.75. The van der Waals surface area contributed by atoms with Gasteiger partial charge in [0.15, 0.2) is 0 Å². The molecule has 1 unspecified atom stereocenters. The van der Waals surface area contributed by atoms with E-state index in [1.54, 1.807) is 12.1 Å². The summed E-state index contributed by atoms with van der Waals surface area (Å²) in [7, 11) is 0. The van der Waals surface area contributed by atoms with E-state index in [9.17, 15) is 5.26 Å². The zero-order chi connectivity index (χ0) is 14.4. The molecule has 1 atom stereocenters. The first-order valence-corrected chi connectivity index (χ1v) is 7.08. The number of benzene rings is 2. The van der Waals surface area contributed by atoms with Crippen molar-refractivity contribution in [1.29, 1.82) is 5.26 Å². The van der Waals surface area contributed by atoms with Crippen LogP contribution in [0.2, 0.25) is 10.0 Å². The van der Waals surface area contributed by atoms with Crippen LogP contribution in [-0.4, -0.2) is 6.54 Å². The highest BCUT2D eigenvalue weighted by atomic mass is 35.5. The molecule has 0 radical (unpaired) electrons. The molecule has 2 nitrogen and oxygen atoms in total. The molecule has 0 aliphatic heterocycles. The summed E-state index contributed by atoms with van der Waals surface area (Å²) in [5, 5.41) is 13.4. The van der Waals surface area contributed by atoms with Gasteiger partial charge in [-0.15, -0.1) is 0 Å². The van der Waals surface area contributed by atoms with Crippen molar-refractivity contribution in [3.8, 4) is 6.07 Å². The number of hydrogen-bond donors (Lipinski definition) is 1. The van der Waals surface area contributed by atoms with Crippen molar-refractivity contribution in [2.75, 3.05) is 6.54 Å². The maximum Gasteiger partial charge on any atom is 0.121 e. The second-order valence-electron chi connectivity index (χ2n) is 4.43. The first kappa shape index (κ1) is 14.9. The molecule has 0 fully saturated rings. The minimum absolute atomic E-state index is 0.381. The normalized spacial score (nSPS) is 11.8. The molecule has 2 aromatic carbocycles. The van der Waals surface area contributed by atoms with Gasteiger partial charge in [-0.05, 0) is 29.7 Å². The fourth-order valence-corrected chi connectivity index (χ4v) is 2.24. The highest BCUT2D eigenvalue weighted by Gasteiger charge is 2.11. The lowest BCUT2D eigenvalue weighted by Gasteiger charge is -2.12. The summed E-state index contributed by atoms with van der Waals surface area (Å²) in [5.41, 5.74) is 2.07. The Balaban J connectivity index is 1.96. The summed E-state index contributed by atoms with van der Waals surface area (Å²) in [6, 6.07) is 17.3. The van der Waals surface area contributed by atoms with Gasteiger partial charge in [0.1, 0.15) is 6.04 Å². The van der Waals surface area contributed by atoms with E-state index >= 15 is 0 Å². The molecule has 0 saturated heterocycles. The van der Waals surface area contributed by atoms with Gasteiger partial charge in [-0.3, -0.25) is 5.32 Å². The zero-order valence-corrected chi connectivity index (χ0v) is 12.3. The second-order valence-corrected chi connectivity index (χ2v) is 5.24. The molecule has 0 aliphatic rings. The van der Waals surface area contributed by atoms with Gasteiger partial charge in [0.05, 0.1) is 16.1 Å². The standard InChI is InChI=1S/C16H14Cl2N2/c17-14-7-6-13(10-15(14)18)16(11-19)20-9-8-12-4-2-1-3-5-12/h1-7,10,16,20H,8-9H2. The average Bonchev–Trinajstić information content (AvgIpc) is 2.48. The lowest BCUT2D eigenvalue weighted by molar-refractivity contribution is 0.629. The third-order valence-electron chi connectivity index (χ3n) is 3.01. The quantitative estimate of drug-likeness (QED) is 0.889. The number of nitrogens with zero attached hydrogens (tertiary/aromatic N) is 1. The van der Waals surface area contributed by atoms with E-state index < -0.39 is 0 Å². The summed E-state index contributed by atoms with van der Waals surface area (Å²) >= 11 is 11.9. The molecular formula is C16H14Cl2N2. The van der Waals surface area contributed by atoms with Crippen molar-refractivity contribution in [1.82, 2.24) is 5.32 Å². The Hall–Kier alpha value is -1.53. The van der Waals surface area contributed by atoms with Crippen LogP contribution in [0.15, 0.2) is 48.5 Å². The van der Waals surface area contributed by atoms with E-state index in [0.717, 1.165) is 18.5 Å². The molecule has 0 bridgehead atoms. The van der Waals surface area contributed by atoms with Crippen LogP contribution >= 0.6 is 23.2 Å². The number of hydrogen-bond acceptors (Lipinski definition) is 2. The smallest absolute Gasteiger partial charge is 0.121 e. The van der Waals surface area contributed by atoms with E-state index in [-0.39, 0.29) is 6.04 Å². The first-order valence-electron chi connectivity index (χ1n) is 6.32. The van der Waals surface area contributed by atoms with Crippen LogP contribution in [0.5, 0.6) is 0 Å². The van der Waals surface area contributed by atoms with E-state index in [1.165, 1.54) is 5.56 Å². The highest BCUT2D eigenvalue weighted by molar-refractivity contribution is 6.42. The van der Waals surface area contributed by atoms with E-state index in [1.807, 2.05) is 24.3 Å². The monoisotopic (exact) mass is 304 g/mol. The SMILES string of the molecule is N#CC(NCCc1ccccc1)c1ccc(Cl)c(Cl)c1. The topological polar surface area (TPSA) is 35.8 Å². The van der Waals surface area contributed by atoms with Crippen molar-refractivity contribution < 1.29 is 0 Å². The molecule has 0 heterocycles. The second kappa shape index (κ2) is 7.31. The molecule has 0 spiro atoms. The first-order chi connectivity index (χ1) is 9.70. The van der Waals surface area contributed by atoms with Gasteiger partial charge in [-0.2, -0.15) is 5.26 Å². The maximum absolute atomic E-state index is 9.25. The molecule has 0 amide bonds. The molecule has 0 aliphatic carbocycles. The molecule has 4 heteroatoms. The van der Waals surface area contributed by atoms with E-state index in [4.69, 9.17) is 23.2 Å². The van der Waals surface area contributed by atoms with Crippen LogP contribution in [0.25, 0.3) is 0 Å². The van der Waals surface area contributed by atoms with Crippen LogP contribution in [0, 0.1) is 11.3 Å². The van der Waals surface area contributed by atoms with Crippen molar-refractivity contribution in [2.45, 2.75) is 12.5 Å². The van der Waals surface area contributed by atoms with Gasteiger partial charge in [0.2, 0.25) is 0 Å². The van der Waals surface area contributed by atoms with Gasteiger partial charge in [0, 0.05) is 6.54 Å². The summed E-state index contributed by atoms with van der Waals surface area (Å²) in [4.78, 5) is 0. The van der Waals surface area contributed by atoms with Crippen molar-refractivity contribution >= 4 is 23.2 Å². The van der Waals surface area contributed by atoms with Crippen molar-refractivity contribution in [2.24, 2.45) is 0 Å². The van der Waals surface area contributed by atoms with Gasteiger partial charge in [-0.1, -0.05) is 59.6 Å². The summed E-state index contributed by atoms with van der Waals surface area (Å²) in [6.45, 7) is 0.725. The molecule has 2 aromatic rings. The van der Waals surface area contributed by atoms with Crippen LogP contribution in [0.4, 0.5) is 0 Å². The third kappa shape index (κ3) is 3.98. The summed E-state index contributed by atoms with van der Waals surface area (Å²) in [5.74, 6) is 0. The summed E-state index contributed by atoms with van der Waals surface area (Å²) in [6.07, 6.45) is 0.875. The zero-order valence-electron chi connectivity index (χ0n) is 10.8. The largest absolute Gasteiger partial charge is 0.298 e. The molecule has 1 N–H and O–H groups in total. The predicted octanol–water partition coefficient (Wildman–Crippen LogP) is 4.39. The number of nitrogens with one attached hydrogen (secondary N) is 1. The Morgan fingerprint density at radius 1 is 1.05 bits per heavy atom. The molecular weight excluding hydrogens is 291 g/mol. The maximum atomic E-state index is 9.25. The van der Waals surface area contributed by atoms with Gasteiger partial charge < -0.3 is 0 Å². The number of rotatable bonds is 5. The van der Waals surface area contributed by atoms with Gasteiger partial charge in [0.25, 0.3) is 0 Å². The summed E-state index contributed by atoms with van der Waals surface area (Å²) < 4.78 is 0. The van der Waals surface area contributed by atoms with Crippen LogP contribution in [-0.2, 0) is 6.42 Å². The minimum atomic E-state index is -0.381. The Bertz CT molecular complexity index is 606. The fraction of sp³-hybridized carbons (Fsp3) is 0.188. The van der Waals surface area contributed by atoms with Crippen LogP contribution in [0.3, 0.4) is 0 Å². The molecule has 102 valence electrons. The lowest BCUT2D eigenvalue weighted by atomic mass is 10.1. The molecule has 0 saturated carbocycles. The number of halogens is 2. The molecule has 20 heavy (non-hydrogen) atoms. The fourth-order valence-electron chi connectivity index (χ4n) is 1.94. The molecule has 2 rings (SSSR count). The van der Waals surface area contributed by atoms with E-state index in [0.29, 0.717) is 10.0 Å². The molecule has 0 aromatic heterocycles. The van der Waals surface area contributed by atoms with Crippen molar-refractivity contribution in [3.05, 3.63) is 69.7 Å². The van der Waals surface area contributed by atoms with Crippen LogP contribution in [0.1, 0.15) is 17.2 Å². The Morgan fingerprint density at radius 2 is 1.80 bits per heavy atom. The predicted molar refractivity (Wildman–Crippen MR) is 83.0 cm³/mol. The Labute approximate surface area is 128 Å². The minimum Gasteiger partial charge on any atom is -0.298 e. The van der Waals surface area contributed by atoms with Gasteiger partial charge >= 0.3 is 0 Å². The van der Waals surface area contributed by atoms with Gasteiger partial charge in [-0.25, -0.2) is 0 Å². The van der Waals surface area contributed by atoms with Crippen molar-refractivity contribution in [3.63, 3.8) is 0 Å². The van der Waals surface area contributed by atoms with Crippen LogP contribution < -0.4 is 5.32 Å². The average molecular weight is 305 g/mol. The highest BCUT2D eigenvalue weighted by Crippen LogP contribution is 2.25. The number of nitriles is 1. The van der Waals surface area contributed by atoms with E-state index in [2.05, 4.69) is 23.5 Å².